The van der Waals surface area contributed by atoms with Crippen molar-refractivity contribution in [3.8, 4) is 0 Å². The number of hydrogen-bond acceptors (Lipinski definition) is 5. The van der Waals surface area contributed by atoms with E-state index in [0.29, 0.717) is 18.2 Å². The van der Waals surface area contributed by atoms with E-state index in [0.717, 1.165) is 29.2 Å². The van der Waals surface area contributed by atoms with Crippen molar-refractivity contribution < 1.29 is 4.79 Å². The Hall–Kier alpha value is -1.89. The van der Waals surface area contributed by atoms with Gasteiger partial charge in [0.25, 0.3) is 0 Å². The number of carbonyl (C=O) groups excluding carboxylic acids is 1. The molecule has 2 aromatic rings. The van der Waals surface area contributed by atoms with Gasteiger partial charge in [0.15, 0.2) is 0 Å². The zero-order valence-electron chi connectivity index (χ0n) is 11.2. The van der Waals surface area contributed by atoms with Crippen molar-refractivity contribution in [2.24, 2.45) is 0 Å². The smallest absolute Gasteiger partial charge is 0.226 e. The van der Waals surface area contributed by atoms with Gasteiger partial charge in [-0.3, -0.25) is 9.89 Å². The van der Waals surface area contributed by atoms with Gasteiger partial charge < -0.3 is 11.1 Å². The van der Waals surface area contributed by atoms with Crippen LogP contribution in [-0.2, 0) is 11.2 Å². The summed E-state index contributed by atoms with van der Waals surface area (Å²) < 4.78 is 0. The van der Waals surface area contributed by atoms with Gasteiger partial charge in [-0.2, -0.15) is 5.10 Å². The van der Waals surface area contributed by atoms with Crippen molar-refractivity contribution in [1.82, 2.24) is 20.5 Å². The quantitative estimate of drug-likeness (QED) is 0.792. The van der Waals surface area contributed by atoms with Gasteiger partial charge in [0, 0.05) is 23.4 Å². The summed E-state index contributed by atoms with van der Waals surface area (Å²) in [5.74, 6) is 1.03. The standard InChI is InChI=1S/C13H17N5OS/c1-7-15-10(6-20-7)4-13(19)16-9-2-8(3-9)11-5-12(14)18-17-11/h5-6,8-9H,2-4H2,1H3,(H,16,19)(H3,14,17,18)/t8-,9+. The Morgan fingerprint density at radius 1 is 1.60 bits per heavy atom. The molecule has 2 aromatic heterocycles. The fraction of sp³-hybridized carbons (Fsp3) is 0.462. The predicted octanol–water partition coefficient (Wildman–Crippen LogP) is 1.36. The van der Waals surface area contributed by atoms with Gasteiger partial charge in [0.05, 0.1) is 22.8 Å². The third kappa shape index (κ3) is 2.82. The first-order chi connectivity index (χ1) is 9.60. The van der Waals surface area contributed by atoms with Gasteiger partial charge in [0.1, 0.15) is 5.82 Å². The molecule has 1 fully saturated rings. The molecule has 3 rings (SSSR count). The maximum absolute atomic E-state index is 11.9. The number of thiazole rings is 1. The summed E-state index contributed by atoms with van der Waals surface area (Å²) in [6.07, 6.45) is 2.21. The van der Waals surface area contributed by atoms with E-state index < -0.39 is 0 Å². The van der Waals surface area contributed by atoms with Crippen LogP contribution < -0.4 is 11.1 Å². The molecule has 1 saturated carbocycles. The molecular weight excluding hydrogens is 274 g/mol. The summed E-state index contributed by atoms with van der Waals surface area (Å²) in [6, 6.07) is 2.10. The molecule has 0 aliphatic heterocycles. The first-order valence-corrected chi connectivity index (χ1v) is 7.49. The molecule has 0 saturated heterocycles. The van der Waals surface area contributed by atoms with E-state index in [9.17, 15) is 4.79 Å². The average Bonchev–Trinajstić information content (AvgIpc) is 2.92. The van der Waals surface area contributed by atoms with Crippen LogP contribution in [0.2, 0.25) is 0 Å². The Morgan fingerprint density at radius 2 is 2.40 bits per heavy atom. The number of H-pyrrole nitrogens is 1. The lowest BCUT2D eigenvalue weighted by Gasteiger charge is -2.34. The number of nitrogens with two attached hydrogens (primary N) is 1. The first kappa shape index (κ1) is 13.1. The predicted molar refractivity (Wildman–Crippen MR) is 77.5 cm³/mol. The van der Waals surface area contributed by atoms with Crippen LogP contribution in [0.4, 0.5) is 5.82 Å². The van der Waals surface area contributed by atoms with Gasteiger partial charge in [-0.05, 0) is 19.8 Å². The Morgan fingerprint density at radius 3 is 3.00 bits per heavy atom. The van der Waals surface area contributed by atoms with E-state index in [1.165, 1.54) is 0 Å². The van der Waals surface area contributed by atoms with Crippen molar-refractivity contribution >= 4 is 23.1 Å². The van der Waals surface area contributed by atoms with Crippen LogP contribution in [0.25, 0.3) is 0 Å². The summed E-state index contributed by atoms with van der Waals surface area (Å²) in [5.41, 5.74) is 7.44. The fourth-order valence-corrected chi connectivity index (χ4v) is 3.08. The van der Waals surface area contributed by atoms with E-state index in [1.807, 2.05) is 18.4 Å². The van der Waals surface area contributed by atoms with Crippen LogP contribution in [0.3, 0.4) is 0 Å². The zero-order valence-corrected chi connectivity index (χ0v) is 12.0. The number of nitrogens with one attached hydrogen (secondary N) is 2. The van der Waals surface area contributed by atoms with Crippen LogP contribution >= 0.6 is 11.3 Å². The topological polar surface area (TPSA) is 96.7 Å². The van der Waals surface area contributed by atoms with E-state index in [4.69, 9.17) is 5.73 Å². The number of aromatic amines is 1. The molecule has 1 aliphatic rings. The number of nitrogens with zero attached hydrogens (tertiary/aromatic N) is 2. The van der Waals surface area contributed by atoms with E-state index in [-0.39, 0.29) is 11.9 Å². The van der Waals surface area contributed by atoms with Crippen molar-refractivity contribution in [3.05, 3.63) is 27.8 Å². The monoisotopic (exact) mass is 291 g/mol. The highest BCUT2D eigenvalue weighted by Crippen LogP contribution is 2.36. The Balaban J connectivity index is 1.45. The minimum absolute atomic E-state index is 0.0419. The molecule has 1 amide bonds. The second kappa shape index (κ2) is 5.24. The lowest BCUT2D eigenvalue weighted by Crippen LogP contribution is -2.44. The molecule has 0 bridgehead atoms. The molecule has 106 valence electrons. The summed E-state index contributed by atoms with van der Waals surface area (Å²) in [4.78, 5) is 16.2. The van der Waals surface area contributed by atoms with E-state index in [1.54, 1.807) is 11.3 Å². The van der Waals surface area contributed by atoms with Crippen LogP contribution in [0.15, 0.2) is 11.4 Å². The Bertz CT molecular complexity index is 614. The molecule has 0 aromatic carbocycles. The second-order valence-corrected chi connectivity index (χ2v) is 6.28. The number of carbonyl (C=O) groups is 1. The minimum Gasteiger partial charge on any atom is -0.384 e. The highest BCUT2D eigenvalue weighted by molar-refractivity contribution is 7.09. The average molecular weight is 291 g/mol. The van der Waals surface area contributed by atoms with Gasteiger partial charge in [-0.1, -0.05) is 0 Å². The van der Waals surface area contributed by atoms with Crippen molar-refractivity contribution in [2.75, 3.05) is 5.73 Å². The molecule has 7 heteroatoms. The van der Waals surface area contributed by atoms with E-state index in [2.05, 4.69) is 20.5 Å². The van der Waals surface area contributed by atoms with Crippen LogP contribution in [0.1, 0.15) is 35.2 Å². The molecule has 6 nitrogen and oxygen atoms in total. The molecule has 1 aliphatic carbocycles. The SMILES string of the molecule is Cc1nc(CC(=O)N[C@H]2C[C@@H](c3cc(N)[nH]n3)C2)cs1. The normalized spacial score (nSPS) is 21.4. The summed E-state index contributed by atoms with van der Waals surface area (Å²) in [6.45, 7) is 1.94. The Labute approximate surface area is 120 Å². The van der Waals surface area contributed by atoms with Crippen molar-refractivity contribution in [2.45, 2.75) is 38.1 Å². The second-order valence-electron chi connectivity index (χ2n) is 5.22. The number of aromatic nitrogens is 3. The molecule has 0 spiro atoms. The van der Waals surface area contributed by atoms with Crippen molar-refractivity contribution in [3.63, 3.8) is 0 Å². The molecule has 4 N–H and O–H groups in total. The van der Waals surface area contributed by atoms with E-state index >= 15 is 0 Å². The summed E-state index contributed by atoms with van der Waals surface area (Å²) in [7, 11) is 0. The maximum Gasteiger partial charge on any atom is 0.226 e. The largest absolute Gasteiger partial charge is 0.384 e. The van der Waals surface area contributed by atoms with Crippen LogP contribution in [-0.4, -0.2) is 27.1 Å². The zero-order chi connectivity index (χ0) is 14.1. The molecule has 0 radical (unpaired) electrons. The van der Waals surface area contributed by atoms with Crippen molar-refractivity contribution in [1.29, 1.82) is 0 Å². The number of hydrogen-bond donors (Lipinski definition) is 3. The van der Waals surface area contributed by atoms with Crippen LogP contribution in [0.5, 0.6) is 0 Å². The molecule has 0 unspecified atom stereocenters. The number of rotatable bonds is 4. The number of nitrogen functional groups attached to an aromatic ring is 1. The van der Waals surface area contributed by atoms with Gasteiger partial charge >= 0.3 is 0 Å². The third-order valence-electron chi connectivity index (χ3n) is 3.55. The molecule has 0 atom stereocenters. The highest BCUT2D eigenvalue weighted by atomic mass is 32.1. The lowest BCUT2D eigenvalue weighted by molar-refractivity contribution is -0.121. The molecule has 20 heavy (non-hydrogen) atoms. The maximum atomic E-state index is 11.9. The van der Waals surface area contributed by atoms with Gasteiger partial charge in [0.2, 0.25) is 5.91 Å². The number of amides is 1. The summed E-state index contributed by atoms with van der Waals surface area (Å²) >= 11 is 1.57. The number of anilines is 1. The summed E-state index contributed by atoms with van der Waals surface area (Å²) in [5, 5.41) is 12.9. The molecule has 2 heterocycles. The highest BCUT2D eigenvalue weighted by Gasteiger charge is 2.32. The van der Waals surface area contributed by atoms with Crippen LogP contribution in [0, 0.1) is 6.92 Å². The third-order valence-corrected chi connectivity index (χ3v) is 4.37. The van der Waals surface area contributed by atoms with Gasteiger partial charge in [-0.15, -0.1) is 11.3 Å². The number of aryl methyl sites for hydroxylation is 1. The fourth-order valence-electron chi connectivity index (χ4n) is 2.47. The Kier molecular flexibility index (Phi) is 3.43. The molecular formula is C13H17N5OS. The minimum atomic E-state index is 0.0419. The lowest BCUT2D eigenvalue weighted by atomic mass is 9.78. The first-order valence-electron chi connectivity index (χ1n) is 6.61. The van der Waals surface area contributed by atoms with Gasteiger partial charge in [-0.25, -0.2) is 4.98 Å².